The maximum Gasteiger partial charge on any atom is 0.195 e. The molecule has 0 bridgehead atoms. The molecule has 6 heteroatoms. The molecule has 0 saturated heterocycles. The van der Waals surface area contributed by atoms with E-state index in [4.69, 9.17) is 9.47 Å². The van der Waals surface area contributed by atoms with Crippen LogP contribution in [0.2, 0.25) is 0 Å². The van der Waals surface area contributed by atoms with Crippen molar-refractivity contribution in [2.24, 2.45) is 0 Å². The number of ether oxygens (including phenoxy) is 2. The number of benzene rings is 2. The first-order valence-corrected chi connectivity index (χ1v) is 9.75. The zero-order valence-electron chi connectivity index (χ0n) is 14.4. The summed E-state index contributed by atoms with van der Waals surface area (Å²) >= 11 is 4.73. The lowest BCUT2D eigenvalue weighted by Gasteiger charge is -2.11. The van der Waals surface area contributed by atoms with Crippen LogP contribution in [0.25, 0.3) is 6.08 Å². The lowest BCUT2D eigenvalue weighted by atomic mass is 10.1. The number of halogens is 2. The quantitative estimate of drug-likeness (QED) is 0.323. The number of para-hydroxylation sites is 1. The molecule has 0 radical (unpaired) electrons. The molecule has 2 aromatic carbocycles. The third-order valence-corrected chi connectivity index (χ3v) is 5.47. The van der Waals surface area contributed by atoms with Crippen molar-refractivity contribution in [3.8, 4) is 11.5 Å². The molecular formula is C21H16BrFO3S. The first-order chi connectivity index (χ1) is 13.1. The SMILES string of the molecule is COc1ccc(/C=C/C(=O)c2cc(Br)cs2)cc1COc1ccccc1F. The molecule has 3 aromatic rings. The number of rotatable bonds is 7. The number of carbonyl (C=O) groups excluding carboxylic acids is 1. The third kappa shape index (κ3) is 5.05. The van der Waals surface area contributed by atoms with Crippen LogP contribution in [-0.4, -0.2) is 12.9 Å². The molecule has 0 aliphatic rings. The van der Waals surface area contributed by atoms with Gasteiger partial charge in [0, 0.05) is 15.4 Å². The van der Waals surface area contributed by atoms with Gasteiger partial charge in [-0.15, -0.1) is 11.3 Å². The largest absolute Gasteiger partial charge is 0.496 e. The number of methoxy groups -OCH3 is 1. The maximum atomic E-state index is 13.7. The summed E-state index contributed by atoms with van der Waals surface area (Å²) in [6.07, 6.45) is 3.27. The Kier molecular flexibility index (Phi) is 6.42. The highest BCUT2D eigenvalue weighted by Gasteiger charge is 2.08. The third-order valence-electron chi connectivity index (χ3n) is 3.76. The zero-order valence-corrected chi connectivity index (χ0v) is 16.8. The van der Waals surface area contributed by atoms with Gasteiger partial charge in [0.05, 0.1) is 12.0 Å². The van der Waals surface area contributed by atoms with Gasteiger partial charge < -0.3 is 9.47 Å². The number of hydrogen-bond donors (Lipinski definition) is 0. The molecule has 138 valence electrons. The monoisotopic (exact) mass is 446 g/mol. The average Bonchev–Trinajstić information content (AvgIpc) is 3.12. The fraction of sp³-hybridized carbons (Fsp3) is 0.0952. The first kappa shape index (κ1) is 19.3. The molecule has 1 aromatic heterocycles. The van der Waals surface area contributed by atoms with E-state index in [-0.39, 0.29) is 18.1 Å². The van der Waals surface area contributed by atoms with Crippen LogP contribution in [0.15, 0.2) is 64.5 Å². The van der Waals surface area contributed by atoms with Gasteiger partial charge in [0.25, 0.3) is 0 Å². The van der Waals surface area contributed by atoms with E-state index in [9.17, 15) is 9.18 Å². The van der Waals surface area contributed by atoms with Gasteiger partial charge in [-0.1, -0.05) is 24.3 Å². The van der Waals surface area contributed by atoms with Crippen LogP contribution in [0.5, 0.6) is 11.5 Å². The van der Waals surface area contributed by atoms with Crippen molar-refractivity contribution >= 4 is 39.1 Å². The summed E-state index contributed by atoms with van der Waals surface area (Å²) in [5.74, 6) is 0.335. The summed E-state index contributed by atoms with van der Waals surface area (Å²) in [5, 5.41) is 1.87. The molecule has 0 N–H and O–H groups in total. The van der Waals surface area contributed by atoms with E-state index in [1.54, 1.807) is 43.5 Å². The molecule has 0 spiro atoms. The summed E-state index contributed by atoms with van der Waals surface area (Å²) in [6.45, 7) is 0.150. The predicted octanol–water partition coefficient (Wildman–Crippen LogP) is 6.13. The Bertz CT molecular complexity index is 981. The van der Waals surface area contributed by atoms with Gasteiger partial charge in [-0.05, 0) is 57.9 Å². The molecule has 0 fully saturated rings. The summed E-state index contributed by atoms with van der Waals surface area (Å²) in [7, 11) is 1.57. The van der Waals surface area contributed by atoms with Crippen LogP contribution in [0.4, 0.5) is 4.39 Å². The highest BCUT2D eigenvalue weighted by atomic mass is 79.9. The fourth-order valence-corrected chi connectivity index (χ4v) is 3.78. The fourth-order valence-electron chi connectivity index (χ4n) is 2.43. The van der Waals surface area contributed by atoms with Gasteiger partial charge >= 0.3 is 0 Å². The van der Waals surface area contributed by atoms with E-state index in [2.05, 4.69) is 15.9 Å². The molecule has 0 unspecified atom stereocenters. The van der Waals surface area contributed by atoms with E-state index in [0.717, 1.165) is 15.6 Å². The van der Waals surface area contributed by atoms with Crippen LogP contribution in [0.1, 0.15) is 20.8 Å². The Hall–Kier alpha value is -2.44. The highest BCUT2D eigenvalue weighted by molar-refractivity contribution is 9.10. The Balaban J connectivity index is 1.75. The van der Waals surface area contributed by atoms with Crippen LogP contribution in [0, 0.1) is 5.82 Å². The summed E-state index contributed by atoms with van der Waals surface area (Å²) in [5.41, 5.74) is 1.58. The minimum absolute atomic E-state index is 0.0642. The van der Waals surface area contributed by atoms with Gasteiger partial charge in [-0.2, -0.15) is 0 Å². The Morgan fingerprint density at radius 3 is 2.70 bits per heavy atom. The van der Waals surface area contributed by atoms with Crippen LogP contribution in [-0.2, 0) is 6.61 Å². The van der Waals surface area contributed by atoms with E-state index in [1.807, 2.05) is 17.5 Å². The topological polar surface area (TPSA) is 35.5 Å². The second-order valence-electron chi connectivity index (χ2n) is 5.62. The van der Waals surface area contributed by atoms with Crippen molar-refractivity contribution in [3.05, 3.63) is 86.3 Å². The Morgan fingerprint density at radius 2 is 2.00 bits per heavy atom. The molecular weight excluding hydrogens is 431 g/mol. The second kappa shape index (κ2) is 8.97. The number of ketones is 1. The Labute approximate surface area is 169 Å². The van der Waals surface area contributed by atoms with Crippen molar-refractivity contribution in [2.45, 2.75) is 6.61 Å². The molecule has 1 heterocycles. The molecule has 0 aliphatic carbocycles. The number of allylic oxidation sites excluding steroid dienone is 1. The summed E-state index contributed by atoms with van der Waals surface area (Å²) in [4.78, 5) is 12.9. The average molecular weight is 447 g/mol. The molecule has 27 heavy (non-hydrogen) atoms. The van der Waals surface area contributed by atoms with E-state index in [0.29, 0.717) is 10.6 Å². The number of hydrogen-bond acceptors (Lipinski definition) is 4. The Morgan fingerprint density at radius 1 is 1.19 bits per heavy atom. The minimum atomic E-state index is -0.416. The highest BCUT2D eigenvalue weighted by Crippen LogP contribution is 2.25. The molecule has 3 rings (SSSR count). The summed E-state index contributed by atoms with van der Waals surface area (Å²) < 4.78 is 25.5. The maximum absolute atomic E-state index is 13.7. The lowest BCUT2D eigenvalue weighted by molar-refractivity contribution is 0.105. The van der Waals surface area contributed by atoms with E-state index >= 15 is 0 Å². The van der Waals surface area contributed by atoms with Gasteiger partial charge in [0.1, 0.15) is 12.4 Å². The van der Waals surface area contributed by atoms with Crippen molar-refractivity contribution in [2.75, 3.05) is 7.11 Å². The first-order valence-electron chi connectivity index (χ1n) is 8.07. The van der Waals surface area contributed by atoms with Gasteiger partial charge in [0.2, 0.25) is 0 Å². The van der Waals surface area contributed by atoms with Crippen molar-refractivity contribution in [1.82, 2.24) is 0 Å². The van der Waals surface area contributed by atoms with Gasteiger partial charge in [-0.3, -0.25) is 4.79 Å². The van der Waals surface area contributed by atoms with Gasteiger partial charge in [-0.25, -0.2) is 4.39 Å². The summed E-state index contributed by atoms with van der Waals surface area (Å²) in [6, 6.07) is 13.5. The zero-order chi connectivity index (χ0) is 19.2. The lowest BCUT2D eigenvalue weighted by Crippen LogP contribution is -2.00. The normalized spacial score (nSPS) is 10.9. The molecule has 0 amide bonds. The van der Waals surface area contributed by atoms with Crippen molar-refractivity contribution < 1.29 is 18.7 Å². The van der Waals surface area contributed by atoms with Crippen LogP contribution < -0.4 is 9.47 Å². The second-order valence-corrected chi connectivity index (χ2v) is 7.44. The smallest absolute Gasteiger partial charge is 0.195 e. The molecule has 0 saturated carbocycles. The predicted molar refractivity (Wildman–Crippen MR) is 109 cm³/mol. The standard InChI is InChI=1S/C21H16BrFO3S/c1-25-19-9-7-14(6-8-18(24)21-11-16(22)13-27-21)10-15(19)12-26-20-5-3-2-4-17(20)23/h2-11,13H,12H2,1H3/b8-6+. The van der Waals surface area contributed by atoms with Crippen LogP contribution >= 0.6 is 27.3 Å². The van der Waals surface area contributed by atoms with E-state index < -0.39 is 5.82 Å². The van der Waals surface area contributed by atoms with Gasteiger partial charge in [0.15, 0.2) is 17.3 Å². The minimum Gasteiger partial charge on any atom is -0.496 e. The molecule has 3 nitrogen and oxygen atoms in total. The van der Waals surface area contributed by atoms with Crippen molar-refractivity contribution in [3.63, 3.8) is 0 Å². The number of thiophene rings is 1. The van der Waals surface area contributed by atoms with Crippen molar-refractivity contribution in [1.29, 1.82) is 0 Å². The molecule has 0 aliphatic heterocycles. The van der Waals surface area contributed by atoms with Crippen LogP contribution in [0.3, 0.4) is 0 Å². The molecule has 0 atom stereocenters. The van der Waals surface area contributed by atoms with E-state index in [1.165, 1.54) is 23.5 Å². The number of carbonyl (C=O) groups is 1.